The normalized spacial score (nSPS) is 15.2. The van der Waals surface area contributed by atoms with Gasteiger partial charge in [0.2, 0.25) is 0 Å². The lowest BCUT2D eigenvalue weighted by molar-refractivity contribution is -0.143. The second-order valence-corrected chi connectivity index (χ2v) is 12.4. The van der Waals surface area contributed by atoms with Gasteiger partial charge in [0.05, 0.1) is 44.3 Å². The second kappa shape index (κ2) is 11.2. The fourth-order valence-electron chi connectivity index (χ4n) is 6.54. The van der Waals surface area contributed by atoms with Crippen LogP contribution in [0.5, 0.6) is 0 Å². The number of benzene rings is 3. The van der Waals surface area contributed by atoms with Crippen molar-refractivity contribution in [1.82, 2.24) is 19.7 Å². The largest absolute Gasteiger partial charge is 0.416 e. The zero-order valence-corrected chi connectivity index (χ0v) is 26.1. The Labute approximate surface area is 265 Å². The summed E-state index contributed by atoms with van der Waals surface area (Å²) in [5.41, 5.74) is 1.72. The summed E-state index contributed by atoms with van der Waals surface area (Å²) in [4.78, 5) is 4.66. The van der Waals surface area contributed by atoms with Gasteiger partial charge in [0.1, 0.15) is 5.82 Å². The summed E-state index contributed by atoms with van der Waals surface area (Å²) in [6, 6.07) is 10.7. The Morgan fingerprint density at radius 1 is 0.913 bits per heavy atom. The van der Waals surface area contributed by atoms with Crippen LogP contribution in [0.15, 0.2) is 54.7 Å². The minimum atomic E-state index is -5.00. The highest BCUT2D eigenvalue weighted by Crippen LogP contribution is 2.48. The third kappa shape index (κ3) is 5.17. The minimum Gasteiger partial charge on any atom is -0.357 e. The van der Waals surface area contributed by atoms with Crippen molar-refractivity contribution < 1.29 is 30.7 Å². The highest BCUT2D eigenvalue weighted by atomic mass is 35.5. The molecule has 0 saturated carbocycles. The van der Waals surface area contributed by atoms with Crippen LogP contribution < -0.4 is 0 Å². The fourth-order valence-corrected chi connectivity index (χ4v) is 6.79. The van der Waals surface area contributed by atoms with Gasteiger partial charge in [-0.3, -0.25) is 4.90 Å². The molecule has 242 valence electrons. The zero-order valence-electron chi connectivity index (χ0n) is 25.4. The molecule has 46 heavy (non-hydrogen) atoms. The van der Waals surface area contributed by atoms with E-state index in [1.54, 1.807) is 11.0 Å². The molecule has 0 aliphatic carbocycles. The summed E-state index contributed by atoms with van der Waals surface area (Å²) in [7, 11) is 0. The van der Waals surface area contributed by atoms with E-state index in [1.165, 1.54) is 12.3 Å². The van der Waals surface area contributed by atoms with Gasteiger partial charge < -0.3 is 4.98 Å². The van der Waals surface area contributed by atoms with Crippen LogP contribution >= 0.6 is 11.6 Å². The number of nitrogens with zero attached hydrogens (tertiary/aromatic N) is 3. The third-order valence-electron chi connectivity index (χ3n) is 8.97. The van der Waals surface area contributed by atoms with Gasteiger partial charge in [-0.1, -0.05) is 49.7 Å². The number of rotatable bonds is 6. The molecule has 0 unspecified atom stereocenters. The highest BCUT2D eigenvalue weighted by Gasteiger charge is 2.45. The average molecular weight is 663 g/mol. The van der Waals surface area contributed by atoms with Gasteiger partial charge >= 0.3 is 12.4 Å². The summed E-state index contributed by atoms with van der Waals surface area (Å²) in [5, 5.41) is 5.85. The molecule has 0 amide bonds. The maximum Gasteiger partial charge on any atom is 0.416 e. The standard InChI is InChI=1S/C34H30ClF7N4/c1-5-18-8-7-9-19(6-2)29(18)46-30(22-12-13-26(36)28-27(22)25(35)15-43-28)23-17-45(32(3,4)31(23)44-46)16-20-10-11-21(33(37,38)39)14-24(20)34(40,41)42/h7-15,43H,5-6,16-17H2,1-4H3. The van der Waals surface area contributed by atoms with E-state index >= 15 is 0 Å². The molecule has 1 N–H and O–H groups in total. The van der Waals surface area contributed by atoms with Gasteiger partial charge in [-0.25, -0.2) is 9.07 Å². The predicted molar refractivity (Wildman–Crippen MR) is 163 cm³/mol. The Morgan fingerprint density at radius 2 is 1.59 bits per heavy atom. The van der Waals surface area contributed by atoms with E-state index in [-0.39, 0.29) is 30.2 Å². The Balaban J connectivity index is 1.56. The van der Waals surface area contributed by atoms with Gasteiger partial charge in [0.15, 0.2) is 0 Å². The van der Waals surface area contributed by atoms with Crippen molar-refractivity contribution in [2.24, 2.45) is 0 Å². The molecule has 5 aromatic rings. The quantitative estimate of drug-likeness (QED) is 0.184. The van der Waals surface area contributed by atoms with E-state index in [4.69, 9.17) is 16.7 Å². The van der Waals surface area contributed by atoms with Gasteiger partial charge in [0.25, 0.3) is 0 Å². The number of aromatic nitrogens is 3. The van der Waals surface area contributed by atoms with E-state index in [1.807, 2.05) is 50.6 Å². The van der Waals surface area contributed by atoms with Crippen molar-refractivity contribution in [1.29, 1.82) is 0 Å². The fraction of sp³-hybridized carbons (Fsp3) is 0.324. The lowest BCUT2D eigenvalue weighted by Crippen LogP contribution is -2.36. The van der Waals surface area contributed by atoms with E-state index in [2.05, 4.69) is 4.98 Å². The predicted octanol–water partition coefficient (Wildman–Crippen LogP) is 10.2. The molecule has 3 heterocycles. The van der Waals surface area contributed by atoms with Crippen LogP contribution in [0.3, 0.4) is 0 Å². The van der Waals surface area contributed by atoms with E-state index in [0.29, 0.717) is 51.8 Å². The van der Waals surface area contributed by atoms with Crippen molar-refractivity contribution in [2.45, 2.75) is 71.5 Å². The van der Waals surface area contributed by atoms with Crippen LogP contribution in [0.25, 0.3) is 27.8 Å². The Hall–Kier alpha value is -3.83. The molecule has 0 radical (unpaired) electrons. The van der Waals surface area contributed by atoms with Crippen LogP contribution in [-0.4, -0.2) is 19.7 Å². The van der Waals surface area contributed by atoms with E-state index in [0.717, 1.165) is 22.9 Å². The molecule has 1 aliphatic rings. The molecule has 12 heteroatoms. The molecule has 2 aromatic heterocycles. The number of hydrogen-bond acceptors (Lipinski definition) is 2. The highest BCUT2D eigenvalue weighted by molar-refractivity contribution is 6.36. The molecule has 6 rings (SSSR count). The first kappa shape index (κ1) is 32.1. The van der Waals surface area contributed by atoms with Crippen LogP contribution in [0.2, 0.25) is 5.02 Å². The van der Waals surface area contributed by atoms with Crippen LogP contribution in [0.1, 0.15) is 66.8 Å². The lowest BCUT2D eigenvalue weighted by Gasteiger charge is -2.33. The summed E-state index contributed by atoms with van der Waals surface area (Å²) < 4.78 is 99.2. The van der Waals surface area contributed by atoms with Crippen molar-refractivity contribution >= 4 is 22.5 Å². The van der Waals surface area contributed by atoms with Gasteiger partial charge in [-0.2, -0.15) is 31.4 Å². The molecule has 0 bridgehead atoms. The second-order valence-electron chi connectivity index (χ2n) is 12.0. The molecule has 0 fully saturated rings. The monoisotopic (exact) mass is 662 g/mol. The average Bonchev–Trinajstić information content (AvgIpc) is 3.64. The summed E-state index contributed by atoms with van der Waals surface area (Å²) in [5.74, 6) is -0.500. The molecule has 3 aromatic carbocycles. The van der Waals surface area contributed by atoms with Crippen molar-refractivity contribution in [3.05, 3.63) is 105 Å². The Kier molecular flexibility index (Phi) is 7.79. The first-order valence-electron chi connectivity index (χ1n) is 14.8. The lowest BCUT2D eigenvalue weighted by atomic mass is 9.96. The van der Waals surface area contributed by atoms with Crippen molar-refractivity contribution in [3.63, 3.8) is 0 Å². The SMILES string of the molecule is CCc1cccc(CC)c1-n1nc2c(c1-c1ccc(F)c3[nH]cc(Cl)c13)CN(Cc1ccc(C(F)(F)F)cc1C(F)(F)F)C2(C)C. The Morgan fingerprint density at radius 3 is 2.20 bits per heavy atom. The van der Waals surface area contributed by atoms with Crippen LogP contribution in [0, 0.1) is 5.82 Å². The number of alkyl halides is 6. The summed E-state index contributed by atoms with van der Waals surface area (Å²) in [6.07, 6.45) is -7.04. The third-order valence-corrected chi connectivity index (χ3v) is 9.27. The van der Waals surface area contributed by atoms with Gasteiger partial charge in [-0.15, -0.1) is 0 Å². The summed E-state index contributed by atoms with van der Waals surface area (Å²) in [6.45, 7) is 7.56. The topological polar surface area (TPSA) is 36.9 Å². The van der Waals surface area contributed by atoms with Crippen LogP contribution in [-0.2, 0) is 43.8 Å². The molecular formula is C34H30ClF7N4. The molecular weight excluding hydrogens is 633 g/mol. The molecule has 4 nitrogen and oxygen atoms in total. The van der Waals surface area contributed by atoms with E-state index in [9.17, 15) is 30.7 Å². The number of H-pyrrole nitrogens is 1. The maximum absolute atomic E-state index is 14.9. The molecule has 0 spiro atoms. The smallest absolute Gasteiger partial charge is 0.357 e. The first-order chi connectivity index (χ1) is 21.6. The maximum atomic E-state index is 14.9. The first-order valence-corrected chi connectivity index (χ1v) is 15.2. The number of aryl methyl sites for hydroxylation is 2. The number of nitrogens with one attached hydrogen (secondary N) is 1. The van der Waals surface area contributed by atoms with Crippen LogP contribution in [0.4, 0.5) is 30.7 Å². The Bertz CT molecular complexity index is 1940. The minimum absolute atomic E-state index is 0.132. The van der Waals surface area contributed by atoms with Gasteiger partial charge in [-0.05, 0) is 67.6 Å². The number of hydrogen-bond donors (Lipinski definition) is 1. The molecule has 1 aliphatic heterocycles. The van der Waals surface area contributed by atoms with Crippen molar-refractivity contribution in [3.8, 4) is 16.9 Å². The number of fused-ring (bicyclic) bond motifs is 2. The summed E-state index contributed by atoms with van der Waals surface area (Å²) >= 11 is 6.61. The van der Waals surface area contributed by atoms with Gasteiger partial charge in [0, 0.05) is 35.8 Å². The van der Waals surface area contributed by atoms with E-state index < -0.39 is 34.8 Å². The molecule has 0 atom stereocenters. The zero-order chi connectivity index (χ0) is 33.3. The van der Waals surface area contributed by atoms with Crippen molar-refractivity contribution in [2.75, 3.05) is 0 Å². The molecule has 0 saturated heterocycles. The number of aromatic amines is 1. The number of halogens is 8. The number of para-hydroxylation sites is 1.